The molecule has 2 atom stereocenters. The van der Waals surface area contributed by atoms with Gasteiger partial charge in [0.15, 0.2) is 0 Å². The van der Waals surface area contributed by atoms with Gasteiger partial charge in [0.25, 0.3) is 0 Å². The molecular formula is C13H26ClN3O. The van der Waals surface area contributed by atoms with Gasteiger partial charge in [-0.3, -0.25) is 9.69 Å². The fraction of sp³-hybridized carbons (Fsp3) is 0.923. The lowest BCUT2D eigenvalue weighted by Crippen LogP contribution is -2.57. The lowest BCUT2D eigenvalue weighted by atomic mass is 9.98. The molecule has 2 fully saturated rings. The van der Waals surface area contributed by atoms with Crippen LogP contribution >= 0.6 is 12.4 Å². The van der Waals surface area contributed by atoms with E-state index in [1.165, 1.54) is 12.8 Å². The van der Waals surface area contributed by atoms with E-state index in [1.54, 1.807) is 0 Å². The van der Waals surface area contributed by atoms with E-state index in [4.69, 9.17) is 0 Å². The van der Waals surface area contributed by atoms with Crippen LogP contribution in [0.3, 0.4) is 0 Å². The number of hydrogen-bond acceptors (Lipinski definition) is 3. The number of amides is 1. The first-order chi connectivity index (χ1) is 8.22. The van der Waals surface area contributed by atoms with E-state index in [1.807, 2.05) is 4.90 Å². The molecule has 18 heavy (non-hydrogen) atoms. The molecule has 0 spiro atoms. The Morgan fingerprint density at radius 3 is 2.78 bits per heavy atom. The molecule has 2 aliphatic rings. The van der Waals surface area contributed by atoms with Crippen molar-refractivity contribution >= 4 is 18.3 Å². The van der Waals surface area contributed by atoms with Gasteiger partial charge in [-0.1, -0.05) is 0 Å². The van der Waals surface area contributed by atoms with E-state index < -0.39 is 0 Å². The molecule has 2 aliphatic heterocycles. The highest BCUT2D eigenvalue weighted by Gasteiger charge is 2.31. The second-order valence-electron chi connectivity index (χ2n) is 5.30. The third-order valence-electron chi connectivity index (χ3n) is 4.15. The molecule has 2 unspecified atom stereocenters. The predicted molar refractivity (Wildman–Crippen MR) is 76.1 cm³/mol. The summed E-state index contributed by atoms with van der Waals surface area (Å²) in [5.41, 5.74) is 0. The number of rotatable bonds is 3. The first-order valence-corrected chi connectivity index (χ1v) is 6.96. The molecule has 4 nitrogen and oxygen atoms in total. The van der Waals surface area contributed by atoms with Crippen molar-refractivity contribution in [1.82, 2.24) is 15.1 Å². The Kier molecular flexibility index (Phi) is 6.39. The summed E-state index contributed by atoms with van der Waals surface area (Å²) in [6.45, 7) is 10.3. The molecule has 1 amide bonds. The van der Waals surface area contributed by atoms with E-state index in [2.05, 4.69) is 24.1 Å². The molecule has 1 N–H and O–H groups in total. The highest BCUT2D eigenvalue weighted by molar-refractivity contribution is 5.85. The minimum atomic E-state index is 0. The van der Waals surface area contributed by atoms with Gasteiger partial charge in [0.05, 0.1) is 6.04 Å². The van der Waals surface area contributed by atoms with Gasteiger partial charge in [-0.2, -0.15) is 0 Å². The smallest absolute Gasteiger partial charge is 0.239 e. The highest BCUT2D eigenvalue weighted by Crippen LogP contribution is 2.17. The molecule has 0 saturated carbocycles. The van der Waals surface area contributed by atoms with Crippen molar-refractivity contribution in [1.29, 1.82) is 0 Å². The average molecular weight is 276 g/mol. The van der Waals surface area contributed by atoms with Gasteiger partial charge in [-0.25, -0.2) is 0 Å². The third kappa shape index (κ3) is 3.59. The summed E-state index contributed by atoms with van der Waals surface area (Å²) in [7, 11) is 0. The molecule has 0 aromatic carbocycles. The second-order valence-corrected chi connectivity index (χ2v) is 5.30. The molecule has 2 heterocycles. The van der Waals surface area contributed by atoms with Crippen molar-refractivity contribution in [2.24, 2.45) is 5.92 Å². The topological polar surface area (TPSA) is 35.6 Å². The molecule has 2 rings (SSSR count). The van der Waals surface area contributed by atoms with Crippen LogP contribution in [0, 0.1) is 5.92 Å². The summed E-state index contributed by atoms with van der Waals surface area (Å²) in [4.78, 5) is 16.4. The van der Waals surface area contributed by atoms with Crippen molar-refractivity contribution < 1.29 is 4.79 Å². The number of nitrogens with zero attached hydrogens (tertiary/aromatic N) is 2. The number of carbonyl (C=O) groups excluding carboxylic acids is 1. The van der Waals surface area contributed by atoms with Gasteiger partial charge in [0.1, 0.15) is 0 Å². The summed E-state index contributed by atoms with van der Waals surface area (Å²) >= 11 is 0. The first kappa shape index (κ1) is 15.7. The summed E-state index contributed by atoms with van der Waals surface area (Å²) in [6.07, 6.45) is 2.59. The van der Waals surface area contributed by atoms with Crippen LogP contribution in [0.25, 0.3) is 0 Å². The van der Waals surface area contributed by atoms with Crippen LogP contribution in [0.2, 0.25) is 0 Å². The monoisotopic (exact) mass is 275 g/mol. The Morgan fingerprint density at radius 2 is 2.17 bits per heavy atom. The van der Waals surface area contributed by atoms with Crippen LogP contribution in [-0.4, -0.2) is 61.0 Å². The van der Waals surface area contributed by atoms with E-state index in [9.17, 15) is 4.79 Å². The maximum atomic E-state index is 12.1. The number of carbonyl (C=O) groups is 1. The van der Waals surface area contributed by atoms with Crippen molar-refractivity contribution in [3.05, 3.63) is 0 Å². The standard InChI is InChI=1S/C13H25N3O.ClH/c1-3-15-7-8-16(11(2)13(15)17)10-12-5-4-6-14-9-12;/h11-12,14H,3-10H2,1-2H3;1H. The number of halogens is 1. The first-order valence-electron chi connectivity index (χ1n) is 6.96. The zero-order valence-corrected chi connectivity index (χ0v) is 12.3. The van der Waals surface area contributed by atoms with Crippen molar-refractivity contribution in [2.75, 3.05) is 39.3 Å². The molecule has 5 heteroatoms. The Hall–Kier alpha value is -0.320. The quantitative estimate of drug-likeness (QED) is 0.833. The molecule has 0 aromatic rings. The van der Waals surface area contributed by atoms with E-state index in [0.29, 0.717) is 5.91 Å². The SMILES string of the molecule is CCN1CCN(CC2CCCNC2)C(C)C1=O.Cl. The molecular weight excluding hydrogens is 250 g/mol. The Morgan fingerprint density at radius 1 is 1.39 bits per heavy atom. The Labute approximate surface area is 116 Å². The van der Waals surface area contributed by atoms with Crippen molar-refractivity contribution in [3.8, 4) is 0 Å². The number of likely N-dealkylation sites (N-methyl/N-ethyl adjacent to an activating group) is 1. The number of hydrogen-bond donors (Lipinski definition) is 1. The number of nitrogens with one attached hydrogen (secondary N) is 1. The molecule has 0 aromatic heterocycles. The molecule has 2 saturated heterocycles. The van der Waals surface area contributed by atoms with Gasteiger partial charge in [0, 0.05) is 26.2 Å². The predicted octanol–water partition coefficient (Wildman–Crippen LogP) is 0.960. The lowest BCUT2D eigenvalue weighted by molar-refractivity contribution is -0.141. The summed E-state index contributed by atoms with van der Waals surface area (Å²) in [5.74, 6) is 1.04. The largest absolute Gasteiger partial charge is 0.340 e. The van der Waals surface area contributed by atoms with Crippen LogP contribution in [0.1, 0.15) is 26.7 Å². The van der Waals surface area contributed by atoms with Gasteiger partial charge in [0.2, 0.25) is 5.91 Å². The highest BCUT2D eigenvalue weighted by atomic mass is 35.5. The fourth-order valence-electron chi connectivity index (χ4n) is 2.95. The maximum Gasteiger partial charge on any atom is 0.239 e. The van der Waals surface area contributed by atoms with Gasteiger partial charge in [-0.15, -0.1) is 12.4 Å². The molecule has 0 bridgehead atoms. The van der Waals surface area contributed by atoms with E-state index in [-0.39, 0.29) is 18.4 Å². The Bertz CT molecular complexity index is 269. The van der Waals surface area contributed by atoms with Crippen LogP contribution < -0.4 is 5.32 Å². The van der Waals surface area contributed by atoms with Gasteiger partial charge in [-0.05, 0) is 45.7 Å². The molecule has 0 radical (unpaired) electrons. The number of piperidine rings is 1. The average Bonchev–Trinajstić information content (AvgIpc) is 2.37. The fourth-order valence-corrected chi connectivity index (χ4v) is 2.95. The summed E-state index contributed by atoms with van der Waals surface area (Å²) < 4.78 is 0. The maximum absolute atomic E-state index is 12.1. The molecule has 106 valence electrons. The lowest BCUT2D eigenvalue weighted by Gasteiger charge is -2.40. The molecule has 0 aliphatic carbocycles. The van der Waals surface area contributed by atoms with Gasteiger partial charge >= 0.3 is 0 Å². The zero-order valence-electron chi connectivity index (χ0n) is 11.5. The Balaban J connectivity index is 0.00000162. The van der Waals surface area contributed by atoms with Crippen LogP contribution in [-0.2, 0) is 4.79 Å². The van der Waals surface area contributed by atoms with E-state index in [0.717, 1.165) is 45.2 Å². The van der Waals surface area contributed by atoms with Crippen molar-refractivity contribution in [3.63, 3.8) is 0 Å². The normalized spacial score (nSPS) is 30.1. The van der Waals surface area contributed by atoms with Gasteiger partial charge < -0.3 is 10.2 Å². The van der Waals surface area contributed by atoms with Crippen LogP contribution in [0.4, 0.5) is 0 Å². The summed E-state index contributed by atoms with van der Waals surface area (Å²) in [6, 6.07) is 0.0747. The van der Waals surface area contributed by atoms with E-state index >= 15 is 0 Å². The summed E-state index contributed by atoms with van der Waals surface area (Å²) in [5, 5.41) is 3.45. The van der Waals surface area contributed by atoms with Crippen LogP contribution in [0.15, 0.2) is 0 Å². The number of piperazine rings is 1. The zero-order chi connectivity index (χ0) is 12.3. The van der Waals surface area contributed by atoms with Crippen molar-refractivity contribution in [2.45, 2.75) is 32.7 Å². The minimum Gasteiger partial charge on any atom is -0.340 e. The third-order valence-corrected chi connectivity index (χ3v) is 4.15. The second kappa shape index (κ2) is 7.31. The minimum absolute atomic E-state index is 0. The van der Waals surface area contributed by atoms with Crippen LogP contribution in [0.5, 0.6) is 0 Å².